The first kappa shape index (κ1) is 6.88. The van der Waals surface area contributed by atoms with Gasteiger partial charge in [0.25, 0.3) is 0 Å². The molecule has 2 aromatic heterocycles. The van der Waals surface area contributed by atoms with Crippen LogP contribution in [0.15, 0.2) is 33.8 Å². The van der Waals surface area contributed by atoms with Crippen LogP contribution in [0.25, 0.3) is 0 Å². The van der Waals surface area contributed by atoms with E-state index in [0.717, 1.165) is 24.6 Å². The molecule has 1 fully saturated rings. The number of aromatic nitrogens is 2. The summed E-state index contributed by atoms with van der Waals surface area (Å²) in [6, 6.07) is 0. The van der Waals surface area contributed by atoms with Crippen LogP contribution in [-0.4, -0.2) is 9.97 Å². The predicted molar refractivity (Wildman–Crippen MR) is 43.0 cm³/mol. The normalized spacial score (nSPS) is 18.8. The Bertz CT molecular complexity index is 351. The maximum atomic E-state index is 5.27. The summed E-state index contributed by atoms with van der Waals surface area (Å²) in [4.78, 5) is 8.28. The predicted octanol–water partition coefficient (Wildman–Crippen LogP) is 1.74. The lowest BCUT2D eigenvalue weighted by atomic mass is 10.1. The zero-order valence-electron chi connectivity index (χ0n) is 6.93. The molecular weight excluding hydrogens is 168 g/mol. The highest BCUT2D eigenvalue weighted by Gasteiger charge is 2.54. The van der Waals surface area contributed by atoms with Gasteiger partial charge in [-0.3, -0.25) is 0 Å². The van der Waals surface area contributed by atoms with Gasteiger partial charge in [-0.2, -0.15) is 0 Å². The number of hydrogen-bond acceptors (Lipinski definition) is 4. The maximum absolute atomic E-state index is 5.27. The van der Waals surface area contributed by atoms with Crippen molar-refractivity contribution in [2.75, 3.05) is 0 Å². The first-order chi connectivity index (χ1) is 6.42. The highest BCUT2D eigenvalue weighted by molar-refractivity contribution is 5.27. The summed E-state index contributed by atoms with van der Waals surface area (Å²) in [5.74, 6) is 1.44. The van der Waals surface area contributed by atoms with Crippen molar-refractivity contribution in [1.29, 1.82) is 0 Å². The van der Waals surface area contributed by atoms with Crippen LogP contribution in [0.3, 0.4) is 0 Å². The zero-order valence-corrected chi connectivity index (χ0v) is 6.93. The Labute approximate surface area is 74.6 Å². The molecular formula is C9H8N2O2. The second-order valence-electron chi connectivity index (χ2n) is 3.26. The van der Waals surface area contributed by atoms with E-state index >= 15 is 0 Å². The Kier molecular flexibility index (Phi) is 1.17. The summed E-state index contributed by atoms with van der Waals surface area (Å²) in [5.41, 5.74) is -0.160. The molecule has 0 atom stereocenters. The van der Waals surface area contributed by atoms with Crippen LogP contribution in [0.2, 0.25) is 0 Å². The van der Waals surface area contributed by atoms with Crippen LogP contribution in [0.5, 0.6) is 0 Å². The van der Waals surface area contributed by atoms with Crippen molar-refractivity contribution in [3.63, 3.8) is 0 Å². The monoisotopic (exact) mass is 176 g/mol. The molecule has 0 spiro atoms. The Morgan fingerprint density at radius 2 is 1.54 bits per heavy atom. The lowest BCUT2D eigenvalue weighted by Crippen LogP contribution is -2.09. The minimum absolute atomic E-state index is 0.160. The van der Waals surface area contributed by atoms with Crippen LogP contribution < -0.4 is 0 Å². The molecule has 4 nitrogen and oxygen atoms in total. The fourth-order valence-corrected chi connectivity index (χ4v) is 1.56. The molecule has 1 aliphatic carbocycles. The van der Waals surface area contributed by atoms with Gasteiger partial charge in [0.15, 0.2) is 0 Å². The van der Waals surface area contributed by atoms with E-state index in [1.54, 1.807) is 24.9 Å². The number of hydrogen-bond donors (Lipinski definition) is 0. The van der Waals surface area contributed by atoms with Gasteiger partial charge in [-0.15, -0.1) is 0 Å². The van der Waals surface area contributed by atoms with Gasteiger partial charge < -0.3 is 8.83 Å². The minimum Gasteiger partial charge on any atom is -0.448 e. The molecule has 66 valence electrons. The average molecular weight is 176 g/mol. The van der Waals surface area contributed by atoms with Crippen molar-refractivity contribution >= 4 is 0 Å². The number of nitrogens with zero attached hydrogens (tertiary/aromatic N) is 2. The fraction of sp³-hybridized carbons (Fsp3) is 0.333. The van der Waals surface area contributed by atoms with E-state index in [2.05, 4.69) is 9.97 Å². The largest absolute Gasteiger partial charge is 0.448 e. The van der Waals surface area contributed by atoms with E-state index in [1.807, 2.05) is 0 Å². The summed E-state index contributed by atoms with van der Waals surface area (Å²) < 4.78 is 10.5. The molecule has 0 N–H and O–H groups in total. The minimum atomic E-state index is -0.160. The summed E-state index contributed by atoms with van der Waals surface area (Å²) >= 11 is 0. The van der Waals surface area contributed by atoms with Gasteiger partial charge in [0.05, 0.1) is 12.4 Å². The van der Waals surface area contributed by atoms with E-state index in [4.69, 9.17) is 8.83 Å². The van der Waals surface area contributed by atoms with Gasteiger partial charge in [-0.25, -0.2) is 9.97 Å². The molecule has 0 bridgehead atoms. The van der Waals surface area contributed by atoms with Gasteiger partial charge in [0.2, 0.25) is 11.8 Å². The molecule has 1 aliphatic rings. The molecule has 3 rings (SSSR count). The third-order valence-electron chi connectivity index (χ3n) is 2.43. The Morgan fingerprint density at radius 1 is 1.00 bits per heavy atom. The Balaban J connectivity index is 2.08. The average Bonchev–Trinajstić information content (AvgIpc) is 2.68. The highest BCUT2D eigenvalue weighted by Crippen LogP contribution is 2.51. The molecule has 2 heterocycles. The lowest BCUT2D eigenvalue weighted by Gasteiger charge is -2.04. The second kappa shape index (κ2) is 2.22. The molecule has 0 amide bonds. The molecule has 0 saturated heterocycles. The van der Waals surface area contributed by atoms with E-state index < -0.39 is 0 Å². The van der Waals surface area contributed by atoms with Crippen molar-refractivity contribution in [2.45, 2.75) is 18.3 Å². The first-order valence-electron chi connectivity index (χ1n) is 4.22. The van der Waals surface area contributed by atoms with E-state index in [1.165, 1.54) is 0 Å². The van der Waals surface area contributed by atoms with Crippen LogP contribution in [-0.2, 0) is 5.41 Å². The first-order valence-corrected chi connectivity index (χ1v) is 4.22. The van der Waals surface area contributed by atoms with Gasteiger partial charge >= 0.3 is 0 Å². The summed E-state index contributed by atoms with van der Waals surface area (Å²) in [7, 11) is 0. The van der Waals surface area contributed by atoms with Crippen LogP contribution in [0.4, 0.5) is 0 Å². The van der Waals surface area contributed by atoms with E-state index in [9.17, 15) is 0 Å². The number of oxazole rings is 2. The molecule has 0 radical (unpaired) electrons. The van der Waals surface area contributed by atoms with Crippen molar-refractivity contribution in [3.05, 3.63) is 36.7 Å². The van der Waals surface area contributed by atoms with Crippen LogP contribution >= 0.6 is 0 Å². The molecule has 4 heteroatoms. The second-order valence-corrected chi connectivity index (χ2v) is 3.26. The summed E-state index contributed by atoms with van der Waals surface area (Å²) in [5, 5.41) is 0. The molecule has 13 heavy (non-hydrogen) atoms. The molecule has 2 aromatic rings. The fourth-order valence-electron chi connectivity index (χ4n) is 1.56. The molecule has 0 aliphatic heterocycles. The van der Waals surface area contributed by atoms with Crippen molar-refractivity contribution in [2.24, 2.45) is 0 Å². The summed E-state index contributed by atoms with van der Waals surface area (Å²) in [6.07, 6.45) is 8.48. The molecule has 0 unspecified atom stereocenters. The highest BCUT2D eigenvalue weighted by atomic mass is 16.4. The van der Waals surface area contributed by atoms with Crippen LogP contribution in [0.1, 0.15) is 24.6 Å². The third-order valence-corrected chi connectivity index (χ3v) is 2.43. The van der Waals surface area contributed by atoms with E-state index in [0.29, 0.717) is 0 Å². The molecule has 1 saturated carbocycles. The third kappa shape index (κ3) is 0.854. The zero-order chi connectivity index (χ0) is 8.73. The van der Waals surface area contributed by atoms with Crippen molar-refractivity contribution < 1.29 is 8.83 Å². The van der Waals surface area contributed by atoms with Gasteiger partial charge in [0.1, 0.15) is 17.9 Å². The molecule has 0 aromatic carbocycles. The summed E-state index contributed by atoms with van der Waals surface area (Å²) in [6.45, 7) is 0. The van der Waals surface area contributed by atoms with Crippen LogP contribution in [0, 0.1) is 0 Å². The van der Waals surface area contributed by atoms with Crippen molar-refractivity contribution in [1.82, 2.24) is 9.97 Å². The maximum Gasteiger partial charge on any atom is 0.209 e. The lowest BCUT2D eigenvalue weighted by molar-refractivity contribution is 0.395. The Morgan fingerprint density at radius 3 is 1.85 bits per heavy atom. The SMILES string of the molecule is c1coc(C2(c3ncco3)CC2)n1. The van der Waals surface area contributed by atoms with E-state index in [-0.39, 0.29) is 5.41 Å². The van der Waals surface area contributed by atoms with Gasteiger partial charge in [-0.05, 0) is 12.8 Å². The smallest absolute Gasteiger partial charge is 0.209 e. The van der Waals surface area contributed by atoms with Gasteiger partial charge in [-0.1, -0.05) is 0 Å². The van der Waals surface area contributed by atoms with Crippen molar-refractivity contribution in [3.8, 4) is 0 Å². The standard InChI is InChI=1S/C9H8N2O2/c1-2-9(1,7-10-3-5-12-7)8-11-4-6-13-8/h3-6H,1-2H2. The number of rotatable bonds is 2. The quantitative estimate of drug-likeness (QED) is 0.699. The Hall–Kier alpha value is -1.58. The van der Waals surface area contributed by atoms with Gasteiger partial charge in [0, 0.05) is 0 Å². The topological polar surface area (TPSA) is 52.1 Å².